The van der Waals surface area contributed by atoms with Crippen LogP contribution >= 0.6 is 0 Å². The molecule has 1 saturated carbocycles. The summed E-state index contributed by atoms with van der Waals surface area (Å²) in [6, 6.07) is 2.88. The van der Waals surface area contributed by atoms with Gasteiger partial charge in [0.1, 0.15) is 0 Å². The lowest BCUT2D eigenvalue weighted by Crippen LogP contribution is -2.20. The zero-order chi connectivity index (χ0) is 18.0. The zero-order valence-corrected chi connectivity index (χ0v) is 13.4. The summed E-state index contributed by atoms with van der Waals surface area (Å²) < 4.78 is 39.4. The van der Waals surface area contributed by atoms with Crippen molar-refractivity contribution in [2.75, 3.05) is 5.32 Å². The predicted octanol–water partition coefficient (Wildman–Crippen LogP) is 3.78. The van der Waals surface area contributed by atoms with Crippen molar-refractivity contribution in [1.82, 2.24) is 4.98 Å². The molecule has 0 spiro atoms. The number of aromatic amines is 1. The summed E-state index contributed by atoms with van der Waals surface area (Å²) in [4.78, 5) is 26.7. The van der Waals surface area contributed by atoms with E-state index in [9.17, 15) is 22.8 Å². The smallest absolute Gasteiger partial charge is 0.257 e. The number of hydrogen-bond acceptors (Lipinski definition) is 2. The van der Waals surface area contributed by atoms with E-state index in [1.807, 2.05) is 0 Å². The van der Waals surface area contributed by atoms with Crippen LogP contribution in [0.1, 0.15) is 41.6 Å². The normalized spacial score (nSPS) is 14.7. The van der Waals surface area contributed by atoms with Crippen molar-refractivity contribution in [3.05, 3.63) is 63.3 Å². The fourth-order valence-electron chi connectivity index (χ4n) is 3.17. The number of aromatic nitrogens is 1. The fraction of sp³-hybridized carbons (Fsp3) is 0.333. The number of nitrogens with one attached hydrogen (secondary N) is 2. The SMILES string of the molecule is O=C(Nc1cc(F)c(F)c(F)c1)c1c[nH]c(=O)c(CC2CCCC2)c1. The highest BCUT2D eigenvalue weighted by Gasteiger charge is 2.18. The van der Waals surface area contributed by atoms with E-state index in [0.29, 0.717) is 30.0 Å². The van der Waals surface area contributed by atoms with Crippen molar-refractivity contribution in [1.29, 1.82) is 0 Å². The van der Waals surface area contributed by atoms with Crippen LogP contribution in [0.15, 0.2) is 29.2 Å². The molecule has 0 atom stereocenters. The second-order valence-corrected chi connectivity index (χ2v) is 6.31. The maximum Gasteiger partial charge on any atom is 0.257 e. The second-order valence-electron chi connectivity index (χ2n) is 6.31. The molecule has 0 saturated heterocycles. The first-order valence-electron chi connectivity index (χ1n) is 8.11. The minimum atomic E-state index is -1.60. The molecule has 7 heteroatoms. The maximum atomic E-state index is 13.2. The van der Waals surface area contributed by atoms with Crippen LogP contribution in [-0.4, -0.2) is 10.9 Å². The van der Waals surface area contributed by atoms with Gasteiger partial charge in [-0.1, -0.05) is 25.7 Å². The molecule has 0 unspecified atom stereocenters. The standard InChI is InChI=1S/C18H17F3N2O2/c19-14-7-13(8-15(20)16(14)21)23-18(25)12-6-11(17(24)22-9-12)5-10-3-1-2-4-10/h6-10H,1-5H2,(H,22,24)(H,23,25). The van der Waals surface area contributed by atoms with E-state index >= 15 is 0 Å². The van der Waals surface area contributed by atoms with Crippen molar-refractivity contribution in [2.24, 2.45) is 5.92 Å². The summed E-state index contributed by atoms with van der Waals surface area (Å²) in [6.45, 7) is 0. The van der Waals surface area contributed by atoms with Gasteiger partial charge < -0.3 is 10.3 Å². The molecular weight excluding hydrogens is 333 g/mol. The predicted molar refractivity (Wildman–Crippen MR) is 87.0 cm³/mol. The molecule has 0 radical (unpaired) electrons. The quantitative estimate of drug-likeness (QED) is 0.825. The summed E-state index contributed by atoms with van der Waals surface area (Å²) in [7, 11) is 0. The van der Waals surface area contributed by atoms with Gasteiger partial charge in [0.05, 0.1) is 5.56 Å². The van der Waals surface area contributed by atoms with Crippen molar-refractivity contribution < 1.29 is 18.0 Å². The molecule has 1 heterocycles. The molecule has 1 aromatic heterocycles. The van der Waals surface area contributed by atoms with Crippen LogP contribution in [0.3, 0.4) is 0 Å². The summed E-state index contributed by atoms with van der Waals surface area (Å²) in [6.07, 6.45) is 6.24. The lowest BCUT2D eigenvalue weighted by molar-refractivity contribution is 0.102. The topological polar surface area (TPSA) is 62.0 Å². The molecule has 1 aliphatic rings. The maximum absolute atomic E-state index is 13.2. The lowest BCUT2D eigenvalue weighted by Gasteiger charge is -2.10. The van der Waals surface area contributed by atoms with E-state index < -0.39 is 23.4 Å². The number of pyridine rings is 1. The number of amides is 1. The molecule has 2 N–H and O–H groups in total. The number of halogens is 3. The first kappa shape index (κ1) is 17.3. The van der Waals surface area contributed by atoms with Gasteiger partial charge in [0.15, 0.2) is 17.5 Å². The summed E-state index contributed by atoms with van der Waals surface area (Å²) in [5, 5.41) is 2.30. The highest BCUT2D eigenvalue weighted by molar-refractivity contribution is 6.04. The van der Waals surface area contributed by atoms with E-state index in [2.05, 4.69) is 10.3 Å². The van der Waals surface area contributed by atoms with E-state index in [1.165, 1.54) is 12.3 Å². The van der Waals surface area contributed by atoms with Crippen molar-refractivity contribution in [3.63, 3.8) is 0 Å². The summed E-state index contributed by atoms with van der Waals surface area (Å²) >= 11 is 0. The Kier molecular flexibility index (Phi) is 4.92. The molecule has 1 fully saturated rings. The Morgan fingerprint density at radius 2 is 1.76 bits per heavy atom. The second kappa shape index (κ2) is 7.13. The number of carbonyl (C=O) groups is 1. The third kappa shape index (κ3) is 3.92. The Balaban J connectivity index is 1.79. The Hall–Kier alpha value is -2.57. The molecule has 0 bridgehead atoms. The van der Waals surface area contributed by atoms with E-state index in [-0.39, 0.29) is 16.8 Å². The third-order valence-corrected chi connectivity index (χ3v) is 4.47. The number of anilines is 1. The Labute approximate surface area is 142 Å². The minimum absolute atomic E-state index is 0.165. The van der Waals surface area contributed by atoms with Crippen LogP contribution in [0.4, 0.5) is 18.9 Å². The molecule has 4 nitrogen and oxygen atoms in total. The number of rotatable bonds is 4. The van der Waals surface area contributed by atoms with Crippen LogP contribution in [0.2, 0.25) is 0 Å². The Morgan fingerprint density at radius 1 is 1.12 bits per heavy atom. The molecule has 25 heavy (non-hydrogen) atoms. The number of H-pyrrole nitrogens is 1. The van der Waals surface area contributed by atoms with Crippen LogP contribution in [0, 0.1) is 23.4 Å². The van der Waals surface area contributed by atoms with Crippen LogP contribution in [0.5, 0.6) is 0 Å². The average molecular weight is 350 g/mol. The third-order valence-electron chi connectivity index (χ3n) is 4.47. The van der Waals surface area contributed by atoms with Gasteiger partial charge in [0.25, 0.3) is 11.5 Å². The summed E-state index contributed by atoms with van der Waals surface area (Å²) in [5.41, 5.74) is 0.223. The summed E-state index contributed by atoms with van der Waals surface area (Å²) in [5.74, 6) is -4.59. The van der Waals surface area contributed by atoms with Crippen LogP contribution < -0.4 is 10.9 Å². The van der Waals surface area contributed by atoms with Gasteiger partial charge in [-0.25, -0.2) is 13.2 Å². The monoisotopic (exact) mass is 350 g/mol. The van der Waals surface area contributed by atoms with Crippen LogP contribution in [0.25, 0.3) is 0 Å². The Morgan fingerprint density at radius 3 is 2.40 bits per heavy atom. The van der Waals surface area contributed by atoms with E-state index in [1.54, 1.807) is 0 Å². The molecule has 3 rings (SSSR count). The van der Waals surface area contributed by atoms with Crippen molar-refractivity contribution in [3.8, 4) is 0 Å². The van der Waals surface area contributed by atoms with Gasteiger partial charge >= 0.3 is 0 Å². The van der Waals surface area contributed by atoms with Crippen molar-refractivity contribution in [2.45, 2.75) is 32.1 Å². The van der Waals surface area contributed by atoms with Gasteiger partial charge in [-0.05, 0) is 18.4 Å². The van der Waals surface area contributed by atoms with Gasteiger partial charge in [-0.15, -0.1) is 0 Å². The van der Waals surface area contributed by atoms with Gasteiger partial charge in [0.2, 0.25) is 0 Å². The number of benzene rings is 1. The molecule has 1 aliphatic carbocycles. The lowest BCUT2D eigenvalue weighted by atomic mass is 9.98. The molecule has 2 aromatic rings. The molecule has 1 aromatic carbocycles. The van der Waals surface area contributed by atoms with Crippen LogP contribution in [-0.2, 0) is 6.42 Å². The Bertz CT molecular complexity index is 835. The average Bonchev–Trinajstić information content (AvgIpc) is 3.07. The van der Waals surface area contributed by atoms with Crippen molar-refractivity contribution >= 4 is 11.6 Å². The fourth-order valence-corrected chi connectivity index (χ4v) is 3.17. The molecular formula is C18H17F3N2O2. The van der Waals surface area contributed by atoms with E-state index in [4.69, 9.17) is 0 Å². The number of hydrogen-bond donors (Lipinski definition) is 2. The molecule has 0 aliphatic heterocycles. The largest absolute Gasteiger partial charge is 0.328 e. The van der Waals surface area contributed by atoms with Gasteiger partial charge in [0, 0.05) is 29.6 Å². The molecule has 132 valence electrons. The minimum Gasteiger partial charge on any atom is -0.328 e. The zero-order valence-electron chi connectivity index (χ0n) is 13.4. The highest BCUT2D eigenvalue weighted by Crippen LogP contribution is 2.27. The first-order valence-corrected chi connectivity index (χ1v) is 8.11. The number of carbonyl (C=O) groups excluding carboxylic acids is 1. The van der Waals surface area contributed by atoms with E-state index in [0.717, 1.165) is 25.7 Å². The molecule has 1 amide bonds. The highest BCUT2D eigenvalue weighted by atomic mass is 19.2. The van der Waals surface area contributed by atoms with Gasteiger partial charge in [-0.3, -0.25) is 9.59 Å². The van der Waals surface area contributed by atoms with Gasteiger partial charge in [-0.2, -0.15) is 0 Å². The first-order chi connectivity index (χ1) is 11.9.